The van der Waals surface area contributed by atoms with Crippen molar-refractivity contribution in [2.24, 2.45) is 0 Å². The van der Waals surface area contributed by atoms with E-state index in [1.807, 2.05) is 48.5 Å². The van der Waals surface area contributed by atoms with Crippen molar-refractivity contribution in [1.82, 2.24) is 0 Å². The van der Waals surface area contributed by atoms with E-state index in [-0.39, 0.29) is 0 Å². The van der Waals surface area contributed by atoms with Crippen LogP contribution in [0.3, 0.4) is 0 Å². The minimum absolute atomic E-state index is 0.746. The summed E-state index contributed by atoms with van der Waals surface area (Å²) >= 11 is 3.08. The lowest BCUT2D eigenvalue weighted by atomic mass is 10.2. The fraction of sp³-hybridized carbons (Fsp3) is 0. The Morgan fingerprint density at radius 3 is 2.70 bits per heavy atom. The molecule has 0 atom stereocenters. The summed E-state index contributed by atoms with van der Waals surface area (Å²) in [6, 6.07) is 15.7. The van der Waals surface area contributed by atoms with E-state index in [9.17, 15) is 4.79 Å². The van der Waals surface area contributed by atoms with Gasteiger partial charge in [0.2, 0.25) is 0 Å². The zero-order chi connectivity index (χ0) is 16.2. The molecule has 0 aliphatic rings. The second-order valence-electron chi connectivity index (χ2n) is 4.85. The molecule has 116 valence electrons. The van der Waals surface area contributed by atoms with Gasteiger partial charge in [0.1, 0.15) is 0 Å². The lowest BCUT2D eigenvalue weighted by Crippen LogP contribution is -1.87. The minimum atomic E-state index is -0.940. The molecule has 2 aromatic carbocycles. The number of hydrogen-bond donors (Lipinski definition) is 3. The molecule has 4 N–H and O–H groups in total. The second-order valence-corrected chi connectivity index (χ2v) is 6.84. The normalized spacial score (nSPS) is 11.1. The molecular weight excluding hydrogens is 328 g/mol. The van der Waals surface area contributed by atoms with Crippen molar-refractivity contribution in [3.05, 3.63) is 59.5 Å². The van der Waals surface area contributed by atoms with E-state index < -0.39 is 5.97 Å². The van der Waals surface area contributed by atoms with Gasteiger partial charge in [-0.05, 0) is 71.9 Å². The largest absolute Gasteiger partial charge is 0.478 e. The summed E-state index contributed by atoms with van der Waals surface area (Å²) in [5.41, 5.74) is 7.41. The Balaban J connectivity index is 1.74. The van der Waals surface area contributed by atoms with Gasteiger partial charge < -0.3 is 15.6 Å². The number of nitrogen functional groups attached to an aromatic ring is 1. The molecule has 0 aliphatic heterocycles. The molecule has 3 rings (SSSR count). The predicted octanol–water partition coefficient (Wildman–Crippen LogP) is 4.70. The molecule has 0 radical (unpaired) electrons. The van der Waals surface area contributed by atoms with Gasteiger partial charge in [0, 0.05) is 31.9 Å². The minimum Gasteiger partial charge on any atom is -0.478 e. The number of carbonyl (C=O) groups is 1. The number of nitrogens with one attached hydrogen (secondary N) is 1. The maximum Gasteiger partial charge on any atom is 0.328 e. The summed E-state index contributed by atoms with van der Waals surface area (Å²) in [6.45, 7) is 0. The van der Waals surface area contributed by atoms with Crippen LogP contribution in [-0.2, 0) is 4.79 Å². The number of thiophene rings is 1. The van der Waals surface area contributed by atoms with E-state index in [2.05, 4.69) is 4.72 Å². The third-order valence-electron chi connectivity index (χ3n) is 3.09. The molecule has 0 saturated heterocycles. The molecule has 4 nitrogen and oxygen atoms in total. The molecule has 0 fully saturated rings. The molecule has 1 heterocycles. The van der Waals surface area contributed by atoms with Gasteiger partial charge in [-0.15, -0.1) is 11.3 Å². The number of carboxylic acids is 1. The Kier molecular flexibility index (Phi) is 4.55. The monoisotopic (exact) mass is 342 g/mol. The Morgan fingerprint density at radius 1 is 1.17 bits per heavy atom. The average Bonchev–Trinajstić information content (AvgIpc) is 2.94. The summed E-state index contributed by atoms with van der Waals surface area (Å²) in [5.74, 6) is -0.940. The summed E-state index contributed by atoms with van der Waals surface area (Å²) in [5, 5.41) is 9.77. The number of anilines is 2. The highest BCUT2D eigenvalue weighted by molar-refractivity contribution is 8.00. The molecule has 0 aliphatic carbocycles. The molecule has 0 spiro atoms. The van der Waals surface area contributed by atoms with E-state index in [1.54, 1.807) is 17.4 Å². The van der Waals surface area contributed by atoms with Crippen molar-refractivity contribution >= 4 is 56.8 Å². The van der Waals surface area contributed by atoms with Gasteiger partial charge in [-0.3, -0.25) is 0 Å². The van der Waals surface area contributed by atoms with Gasteiger partial charge in [0.05, 0.1) is 0 Å². The highest BCUT2D eigenvalue weighted by Gasteiger charge is 2.02. The van der Waals surface area contributed by atoms with E-state index in [1.165, 1.54) is 11.9 Å². The first kappa shape index (κ1) is 15.5. The fourth-order valence-corrected chi connectivity index (χ4v) is 3.60. The standard InChI is InChI=1S/C17H14N2O2S2/c18-12-1-4-14(5-2-12)23-19-13-3-7-16-11(9-13)10-15(22-16)6-8-17(20)21/h1-10,19H,18H2,(H,20,21)/b8-6+. The number of hydrogen-bond acceptors (Lipinski definition) is 5. The van der Waals surface area contributed by atoms with Crippen LogP contribution in [0, 0.1) is 0 Å². The number of aliphatic carboxylic acids is 1. The van der Waals surface area contributed by atoms with Crippen LogP contribution in [0.25, 0.3) is 16.2 Å². The zero-order valence-corrected chi connectivity index (χ0v) is 13.7. The Morgan fingerprint density at radius 2 is 1.96 bits per heavy atom. The van der Waals surface area contributed by atoms with Gasteiger partial charge in [-0.1, -0.05) is 0 Å². The van der Waals surface area contributed by atoms with Crippen molar-refractivity contribution in [2.75, 3.05) is 10.5 Å². The maximum absolute atomic E-state index is 10.6. The molecule has 0 saturated carbocycles. The number of carboxylic acid groups (broad SMARTS) is 1. The first-order valence-corrected chi connectivity index (χ1v) is 8.46. The number of benzene rings is 2. The lowest BCUT2D eigenvalue weighted by molar-refractivity contribution is -0.131. The molecule has 0 unspecified atom stereocenters. The number of fused-ring (bicyclic) bond motifs is 1. The van der Waals surface area contributed by atoms with Crippen LogP contribution in [0.5, 0.6) is 0 Å². The fourth-order valence-electron chi connectivity index (χ4n) is 2.02. The molecule has 3 aromatic rings. The zero-order valence-electron chi connectivity index (χ0n) is 12.0. The summed E-state index contributed by atoms with van der Waals surface area (Å²) < 4.78 is 4.42. The Hall–Kier alpha value is -2.44. The molecule has 0 bridgehead atoms. The van der Waals surface area contributed by atoms with Gasteiger partial charge in [0.15, 0.2) is 0 Å². The summed E-state index contributed by atoms with van der Waals surface area (Å²) in [4.78, 5) is 12.6. The Bertz CT molecular complexity index is 870. The van der Waals surface area contributed by atoms with Gasteiger partial charge in [-0.25, -0.2) is 4.79 Å². The first-order chi connectivity index (χ1) is 11.1. The van der Waals surface area contributed by atoms with Crippen LogP contribution >= 0.6 is 23.3 Å². The van der Waals surface area contributed by atoms with Crippen molar-refractivity contribution in [3.8, 4) is 0 Å². The van der Waals surface area contributed by atoms with Crippen molar-refractivity contribution in [2.45, 2.75) is 4.90 Å². The van der Waals surface area contributed by atoms with Gasteiger partial charge in [-0.2, -0.15) is 0 Å². The van der Waals surface area contributed by atoms with Gasteiger partial charge >= 0.3 is 5.97 Å². The van der Waals surface area contributed by atoms with E-state index in [4.69, 9.17) is 10.8 Å². The highest BCUT2D eigenvalue weighted by atomic mass is 32.2. The van der Waals surface area contributed by atoms with Crippen LogP contribution in [0.15, 0.2) is 59.5 Å². The maximum atomic E-state index is 10.6. The molecular formula is C17H14N2O2S2. The molecule has 1 aromatic heterocycles. The molecule has 23 heavy (non-hydrogen) atoms. The van der Waals surface area contributed by atoms with Crippen LogP contribution in [-0.4, -0.2) is 11.1 Å². The predicted molar refractivity (Wildman–Crippen MR) is 98.8 cm³/mol. The molecule has 0 amide bonds. The van der Waals surface area contributed by atoms with Crippen molar-refractivity contribution < 1.29 is 9.90 Å². The SMILES string of the molecule is Nc1ccc(SNc2ccc3sc(/C=C/C(=O)O)cc3c2)cc1. The van der Waals surface area contributed by atoms with E-state index in [0.717, 1.165) is 37.3 Å². The van der Waals surface area contributed by atoms with E-state index in [0.29, 0.717) is 0 Å². The van der Waals surface area contributed by atoms with E-state index >= 15 is 0 Å². The Labute approximate surface area is 141 Å². The average molecular weight is 342 g/mol. The second kappa shape index (κ2) is 6.76. The smallest absolute Gasteiger partial charge is 0.328 e. The number of rotatable bonds is 5. The molecule has 6 heteroatoms. The van der Waals surface area contributed by atoms with Crippen molar-refractivity contribution in [3.63, 3.8) is 0 Å². The van der Waals surface area contributed by atoms with Gasteiger partial charge in [0.25, 0.3) is 0 Å². The summed E-state index contributed by atoms with van der Waals surface area (Å²) in [6.07, 6.45) is 2.77. The van der Waals surface area contributed by atoms with Crippen LogP contribution in [0.1, 0.15) is 4.88 Å². The first-order valence-electron chi connectivity index (χ1n) is 6.83. The van der Waals surface area contributed by atoms with Crippen LogP contribution in [0.2, 0.25) is 0 Å². The van der Waals surface area contributed by atoms with Crippen molar-refractivity contribution in [1.29, 1.82) is 0 Å². The quantitative estimate of drug-likeness (QED) is 0.356. The van der Waals surface area contributed by atoms with Crippen LogP contribution < -0.4 is 10.5 Å². The number of nitrogens with two attached hydrogens (primary N) is 1. The topological polar surface area (TPSA) is 75.3 Å². The third-order valence-corrected chi connectivity index (χ3v) is 5.02. The third kappa shape index (κ3) is 4.06. The highest BCUT2D eigenvalue weighted by Crippen LogP contribution is 2.30. The lowest BCUT2D eigenvalue weighted by Gasteiger charge is -2.05. The summed E-state index contributed by atoms with van der Waals surface area (Å²) in [7, 11) is 0. The van der Waals surface area contributed by atoms with Crippen LogP contribution in [0.4, 0.5) is 11.4 Å².